The summed E-state index contributed by atoms with van der Waals surface area (Å²) < 4.78 is 13.3. The van der Waals surface area contributed by atoms with Crippen molar-refractivity contribution in [1.82, 2.24) is 4.90 Å². The van der Waals surface area contributed by atoms with E-state index in [4.69, 9.17) is 0 Å². The quantitative estimate of drug-likeness (QED) is 0.434. The summed E-state index contributed by atoms with van der Waals surface area (Å²) in [6, 6.07) is 11.7. The van der Waals surface area contributed by atoms with Crippen LogP contribution in [0.15, 0.2) is 47.5 Å². The van der Waals surface area contributed by atoms with E-state index in [1.54, 1.807) is 17.0 Å². The summed E-state index contributed by atoms with van der Waals surface area (Å²) in [4.78, 5) is 32.4. The van der Waals surface area contributed by atoms with Crippen LogP contribution in [0.1, 0.15) is 56.6 Å². The smallest absolute Gasteiger partial charge is 0.238 e. The van der Waals surface area contributed by atoms with Crippen LogP contribution in [-0.2, 0) is 9.59 Å². The molecule has 0 aliphatic carbocycles. The molecule has 1 fully saturated rings. The van der Waals surface area contributed by atoms with Gasteiger partial charge in [0.25, 0.3) is 0 Å². The van der Waals surface area contributed by atoms with Crippen molar-refractivity contribution in [3.63, 3.8) is 0 Å². The zero-order chi connectivity index (χ0) is 23.8. The molecular weight excluding hydrogens is 437 g/mol. The summed E-state index contributed by atoms with van der Waals surface area (Å²) in [6.07, 6.45) is 5.53. The van der Waals surface area contributed by atoms with E-state index >= 15 is 0 Å². The Labute approximate surface area is 199 Å². The first-order valence-electron chi connectivity index (χ1n) is 11.6. The lowest BCUT2D eigenvalue weighted by atomic mass is 10.1. The summed E-state index contributed by atoms with van der Waals surface area (Å²) in [7, 11) is 0. The second-order valence-electron chi connectivity index (χ2n) is 8.45. The molecule has 1 saturated heterocycles. The van der Waals surface area contributed by atoms with E-state index in [2.05, 4.69) is 17.2 Å². The maximum absolute atomic E-state index is 13.3. The number of hydrogen-bond donors (Lipinski definition) is 1. The maximum Gasteiger partial charge on any atom is 0.238 e. The molecule has 0 spiro atoms. The first kappa shape index (κ1) is 25.0. The maximum atomic E-state index is 13.3. The number of nitrogens with one attached hydrogen (secondary N) is 1. The van der Waals surface area contributed by atoms with Gasteiger partial charge in [0, 0.05) is 18.7 Å². The highest BCUT2D eigenvalue weighted by atomic mass is 32.2. The van der Waals surface area contributed by atoms with Gasteiger partial charge in [-0.3, -0.25) is 14.5 Å². The second kappa shape index (κ2) is 12.0. The number of aryl methyl sites for hydroxylation is 2. The molecule has 0 saturated carbocycles. The number of carbonyl (C=O) groups excluding carboxylic acids is 2. The number of nitrogens with zero attached hydrogens (tertiary/aromatic N) is 2. The molecule has 5 nitrogen and oxygen atoms in total. The normalized spacial score (nSPS) is 17.5. The van der Waals surface area contributed by atoms with Gasteiger partial charge < -0.3 is 5.32 Å². The van der Waals surface area contributed by atoms with Gasteiger partial charge in [0.15, 0.2) is 5.17 Å². The van der Waals surface area contributed by atoms with Crippen molar-refractivity contribution >= 4 is 40.1 Å². The Bertz CT molecular complexity index is 1010. The van der Waals surface area contributed by atoms with Gasteiger partial charge in [-0.15, -0.1) is 0 Å². The van der Waals surface area contributed by atoms with E-state index in [1.807, 2.05) is 32.0 Å². The lowest BCUT2D eigenvalue weighted by Crippen LogP contribution is -2.45. The third kappa shape index (κ3) is 7.16. The van der Waals surface area contributed by atoms with Crippen molar-refractivity contribution in [3.05, 3.63) is 59.4 Å². The van der Waals surface area contributed by atoms with Gasteiger partial charge >= 0.3 is 0 Å². The summed E-state index contributed by atoms with van der Waals surface area (Å²) in [6.45, 7) is 6.69. The Morgan fingerprint density at radius 3 is 2.55 bits per heavy atom. The fraction of sp³-hybridized carbons (Fsp3) is 0.423. The lowest BCUT2D eigenvalue weighted by Gasteiger charge is -2.32. The van der Waals surface area contributed by atoms with Crippen LogP contribution in [0.25, 0.3) is 0 Å². The van der Waals surface area contributed by atoms with Gasteiger partial charge in [0.05, 0.1) is 5.69 Å². The number of amidine groups is 1. The van der Waals surface area contributed by atoms with Crippen LogP contribution >= 0.6 is 11.8 Å². The molecule has 2 amide bonds. The minimum absolute atomic E-state index is 0.106. The molecule has 176 valence electrons. The minimum atomic E-state index is -0.575. The Hall–Kier alpha value is -2.67. The van der Waals surface area contributed by atoms with E-state index in [-0.39, 0.29) is 24.1 Å². The number of aliphatic imine (C=N–C) groups is 1. The monoisotopic (exact) mass is 469 g/mol. The number of unbranched alkanes of at least 4 members (excludes halogenated alkanes) is 4. The minimum Gasteiger partial charge on any atom is -0.325 e. The van der Waals surface area contributed by atoms with Crippen LogP contribution in [0.4, 0.5) is 15.8 Å². The largest absolute Gasteiger partial charge is 0.325 e. The molecule has 1 heterocycles. The number of anilines is 1. The van der Waals surface area contributed by atoms with Crippen LogP contribution in [0.5, 0.6) is 0 Å². The number of benzene rings is 2. The summed E-state index contributed by atoms with van der Waals surface area (Å²) >= 11 is 1.30. The molecule has 0 radical (unpaired) electrons. The number of amides is 2. The highest BCUT2D eigenvalue weighted by Crippen LogP contribution is 2.31. The van der Waals surface area contributed by atoms with Crippen LogP contribution < -0.4 is 5.32 Å². The molecule has 1 unspecified atom stereocenters. The average molecular weight is 470 g/mol. The zero-order valence-electron chi connectivity index (χ0n) is 19.6. The Balaban J connectivity index is 1.76. The lowest BCUT2D eigenvalue weighted by molar-refractivity contribution is -0.129. The van der Waals surface area contributed by atoms with Crippen molar-refractivity contribution in [2.45, 2.75) is 64.5 Å². The van der Waals surface area contributed by atoms with Gasteiger partial charge in [0.2, 0.25) is 11.8 Å². The second-order valence-corrected chi connectivity index (χ2v) is 9.62. The Morgan fingerprint density at radius 2 is 1.85 bits per heavy atom. The summed E-state index contributed by atoms with van der Waals surface area (Å²) in [5.74, 6) is -0.662. The molecule has 7 heteroatoms. The average Bonchev–Trinajstić information content (AvgIpc) is 2.78. The topological polar surface area (TPSA) is 61.8 Å². The molecule has 2 aromatic carbocycles. The van der Waals surface area contributed by atoms with Crippen molar-refractivity contribution in [3.8, 4) is 0 Å². The van der Waals surface area contributed by atoms with Gasteiger partial charge in [-0.2, -0.15) is 0 Å². The molecule has 1 aliphatic rings. The first-order valence-corrected chi connectivity index (χ1v) is 12.4. The van der Waals surface area contributed by atoms with Crippen molar-refractivity contribution in [2.75, 3.05) is 11.9 Å². The zero-order valence-corrected chi connectivity index (χ0v) is 20.4. The van der Waals surface area contributed by atoms with Gasteiger partial charge in [-0.25, -0.2) is 9.38 Å². The summed E-state index contributed by atoms with van der Waals surface area (Å²) in [5.41, 5.74) is 3.40. The molecule has 1 aliphatic heterocycles. The molecule has 0 aromatic heterocycles. The third-order valence-electron chi connectivity index (χ3n) is 5.61. The van der Waals surface area contributed by atoms with E-state index in [9.17, 15) is 14.0 Å². The van der Waals surface area contributed by atoms with E-state index < -0.39 is 5.25 Å². The van der Waals surface area contributed by atoms with Crippen molar-refractivity contribution < 1.29 is 14.0 Å². The molecule has 0 bridgehead atoms. The molecule has 1 atom stereocenters. The number of halogens is 1. The number of thioether (sulfide) groups is 1. The molecule has 3 rings (SSSR count). The van der Waals surface area contributed by atoms with E-state index in [1.165, 1.54) is 30.3 Å². The fourth-order valence-corrected chi connectivity index (χ4v) is 4.85. The van der Waals surface area contributed by atoms with E-state index in [0.717, 1.165) is 42.5 Å². The van der Waals surface area contributed by atoms with Gasteiger partial charge in [-0.05, 0) is 56.2 Å². The Morgan fingerprint density at radius 1 is 1.12 bits per heavy atom. The number of rotatable bonds is 9. The highest BCUT2D eigenvalue weighted by Gasteiger charge is 2.35. The predicted octanol–water partition coefficient (Wildman–Crippen LogP) is 6.37. The highest BCUT2D eigenvalue weighted by molar-refractivity contribution is 8.15. The third-order valence-corrected chi connectivity index (χ3v) is 6.80. The van der Waals surface area contributed by atoms with Crippen LogP contribution in [0.3, 0.4) is 0 Å². The molecule has 1 N–H and O–H groups in total. The fourth-order valence-electron chi connectivity index (χ4n) is 3.73. The van der Waals surface area contributed by atoms with Crippen LogP contribution in [0, 0.1) is 19.7 Å². The molecule has 2 aromatic rings. The van der Waals surface area contributed by atoms with Crippen molar-refractivity contribution in [1.29, 1.82) is 0 Å². The SMILES string of the molecule is CCCCCCCN1C(=O)CC(C(=O)Nc2ccc(C)cc2C)SC1=Nc1ccc(F)cc1. The predicted molar refractivity (Wildman–Crippen MR) is 135 cm³/mol. The number of carbonyl (C=O) groups is 2. The first-order chi connectivity index (χ1) is 15.9. The van der Waals surface area contributed by atoms with Crippen LogP contribution in [0.2, 0.25) is 0 Å². The molecular formula is C26H32FN3O2S. The van der Waals surface area contributed by atoms with Crippen LogP contribution in [-0.4, -0.2) is 33.7 Å². The Kier molecular flexibility index (Phi) is 9.06. The van der Waals surface area contributed by atoms with E-state index in [0.29, 0.717) is 17.4 Å². The summed E-state index contributed by atoms with van der Waals surface area (Å²) in [5, 5.41) is 2.88. The standard InChI is InChI=1S/C26H32FN3O2S/c1-4-5-6-7-8-15-30-24(31)17-23(25(32)29-22-14-9-18(2)16-19(22)3)33-26(30)28-21-12-10-20(27)11-13-21/h9-14,16,23H,4-8,15,17H2,1-3H3,(H,29,32). The van der Waals surface area contributed by atoms with Crippen molar-refractivity contribution in [2.24, 2.45) is 4.99 Å². The van der Waals surface area contributed by atoms with Gasteiger partial charge in [0.1, 0.15) is 11.1 Å². The van der Waals surface area contributed by atoms with Gasteiger partial charge in [-0.1, -0.05) is 62.1 Å². The number of hydrogen-bond acceptors (Lipinski definition) is 4. The molecule has 33 heavy (non-hydrogen) atoms.